The molecule has 0 aliphatic heterocycles. The van der Waals surface area contributed by atoms with Crippen LogP contribution < -0.4 is 5.32 Å². The van der Waals surface area contributed by atoms with Gasteiger partial charge in [-0.1, -0.05) is 35.8 Å². The van der Waals surface area contributed by atoms with Crippen molar-refractivity contribution in [2.24, 2.45) is 5.41 Å². The van der Waals surface area contributed by atoms with Crippen LogP contribution in [0.5, 0.6) is 0 Å². The minimum Gasteiger partial charge on any atom is -0.479 e. The molecule has 0 heterocycles. The van der Waals surface area contributed by atoms with Gasteiger partial charge in [-0.3, -0.25) is 4.79 Å². The number of halogens is 1. The summed E-state index contributed by atoms with van der Waals surface area (Å²) in [6.07, 6.45) is 0.269. The highest BCUT2D eigenvalue weighted by Gasteiger charge is 2.66. The Labute approximate surface area is 150 Å². The van der Waals surface area contributed by atoms with Crippen LogP contribution in [0, 0.1) is 12.3 Å². The first-order chi connectivity index (χ1) is 11.1. The molecule has 1 amide bonds. The minimum atomic E-state index is -1.28. The number of rotatable bonds is 6. The largest absolute Gasteiger partial charge is 0.479 e. The molecule has 5 nitrogen and oxygen atoms in total. The summed E-state index contributed by atoms with van der Waals surface area (Å²) in [5, 5.41) is 12.5. The fourth-order valence-corrected chi connectivity index (χ4v) is 3.83. The Bertz CT molecular complexity index is 658. The average molecular weight is 398 g/mol. The molecule has 1 aromatic rings. The molecule has 6 heteroatoms. The van der Waals surface area contributed by atoms with Gasteiger partial charge in [-0.2, -0.15) is 0 Å². The van der Waals surface area contributed by atoms with Gasteiger partial charge in [0, 0.05) is 22.9 Å². The van der Waals surface area contributed by atoms with Crippen molar-refractivity contribution >= 4 is 27.8 Å². The fraction of sp³-hybridized carbons (Fsp3) is 0.556. The van der Waals surface area contributed by atoms with Crippen molar-refractivity contribution < 1.29 is 19.4 Å². The first-order valence-corrected chi connectivity index (χ1v) is 8.84. The summed E-state index contributed by atoms with van der Waals surface area (Å²) in [5.74, 6) is -1.30. The summed E-state index contributed by atoms with van der Waals surface area (Å²) in [4.78, 5) is 24.4. The molecule has 24 heavy (non-hydrogen) atoms. The standard InChI is InChI=1S/C18H24BrNO4/c1-5-24-14-10-18(16(22)23,17(14,3)4)20-15(21)9-12-6-7-13(19)8-11(12)2/h6-8,14H,5,9-10H2,1-4H3,(H,20,21)(H,22,23). The highest BCUT2D eigenvalue weighted by molar-refractivity contribution is 9.10. The van der Waals surface area contributed by atoms with Crippen LogP contribution in [0.15, 0.2) is 22.7 Å². The van der Waals surface area contributed by atoms with E-state index in [2.05, 4.69) is 21.2 Å². The molecule has 0 radical (unpaired) electrons. The molecule has 0 aromatic heterocycles. The number of hydrogen-bond donors (Lipinski definition) is 2. The number of carbonyl (C=O) groups excluding carboxylic acids is 1. The van der Waals surface area contributed by atoms with Gasteiger partial charge in [-0.15, -0.1) is 0 Å². The number of ether oxygens (including phenoxy) is 1. The van der Waals surface area contributed by atoms with Gasteiger partial charge in [0.25, 0.3) is 0 Å². The normalized spacial score (nSPS) is 25.0. The summed E-state index contributed by atoms with van der Waals surface area (Å²) < 4.78 is 6.56. The van der Waals surface area contributed by atoms with Crippen molar-refractivity contribution in [1.29, 1.82) is 0 Å². The molecule has 1 aromatic carbocycles. The maximum Gasteiger partial charge on any atom is 0.330 e. The van der Waals surface area contributed by atoms with Gasteiger partial charge in [-0.05, 0) is 37.1 Å². The number of hydrogen-bond acceptors (Lipinski definition) is 3. The number of aliphatic carboxylic acids is 1. The Morgan fingerprint density at radius 2 is 2.08 bits per heavy atom. The molecular weight excluding hydrogens is 374 g/mol. The lowest BCUT2D eigenvalue weighted by Gasteiger charge is -2.58. The summed E-state index contributed by atoms with van der Waals surface area (Å²) in [6.45, 7) is 7.99. The molecule has 0 bridgehead atoms. The van der Waals surface area contributed by atoms with Gasteiger partial charge >= 0.3 is 5.97 Å². The third kappa shape index (κ3) is 3.22. The monoisotopic (exact) mass is 397 g/mol. The summed E-state index contributed by atoms with van der Waals surface area (Å²) in [5.41, 5.74) is -0.0781. The molecule has 1 aliphatic carbocycles. The predicted octanol–water partition coefficient (Wildman–Crippen LogP) is 3.07. The van der Waals surface area contributed by atoms with Crippen LogP contribution in [0.4, 0.5) is 0 Å². The number of benzene rings is 1. The van der Waals surface area contributed by atoms with E-state index in [1.54, 1.807) is 0 Å². The molecule has 2 rings (SSSR count). The number of aryl methyl sites for hydroxylation is 1. The SMILES string of the molecule is CCOC1CC(NC(=O)Cc2ccc(Br)cc2C)(C(=O)O)C1(C)C. The lowest BCUT2D eigenvalue weighted by atomic mass is 9.54. The van der Waals surface area contributed by atoms with E-state index in [4.69, 9.17) is 4.74 Å². The third-order valence-corrected chi connectivity index (χ3v) is 5.63. The van der Waals surface area contributed by atoms with E-state index < -0.39 is 16.9 Å². The van der Waals surface area contributed by atoms with Crippen molar-refractivity contribution in [2.45, 2.75) is 52.2 Å². The second kappa shape index (κ2) is 6.84. The minimum absolute atomic E-state index is 0.156. The Morgan fingerprint density at radius 3 is 2.58 bits per heavy atom. The van der Waals surface area contributed by atoms with Crippen molar-refractivity contribution in [2.75, 3.05) is 6.61 Å². The lowest BCUT2D eigenvalue weighted by Crippen LogP contribution is -2.76. The summed E-state index contributed by atoms with van der Waals surface area (Å²) >= 11 is 3.39. The van der Waals surface area contributed by atoms with Gasteiger partial charge in [-0.25, -0.2) is 4.79 Å². The van der Waals surface area contributed by atoms with E-state index in [0.29, 0.717) is 6.61 Å². The van der Waals surface area contributed by atoms with Gasteiger partial charge in [0.15, 0.2) is 0 Å². The molecule has 1 fully saturated rings. The first-order valence-electron chi connectivity index (χ1n) is 8.05. The van der Waals surface area contributed by atoms with Crippen molar-refractivity contribution in [1.82, 2.24) is 5.32 Å². The molecular formula is C18H24BrNO4. The Hall–Kier alpha value is -1.40. The van der Waals surface area contributed by atoms with E-state index in [-0.39, 0.29) is 24.9 Å². The maximum absolute atomic E-state index is 12.5. The number of nitrogens with one attached hydrogen (secondary N) is 1. The number of amides is 1. The van der Waals surface area contributed by atoms with Crippen LogP contribution in [0.1, 0.15) is 38.3 Å². The van der Waals surface area contributed by atoms with E-state index in [0.717, 1.165) is 15.6 Å². The molecule has 2 N–H and O–H groups in total. The van der Waals surface area contributed by atoms with E-state index in [1.807, 2.05) is 45.9 Å². The van der Waals surface area contributed by atoms with Crippen LogP contribution in [0.2, 0.25) is 0 Å². The van der Waals surface area contributed by atoms with E-state index in [9.17, 15) is 14.7 Å². The van der Waals surface area contributed by atoms with Gasteiger partial charge in [0.1, 0.15) is 5.54 Å². The highest BCUT2D eigenvalue weighted by atomic mass is 79.9. The topological polar surface area (TPSA) is 75.6 Å². The quantitative estimate of drug-likeness (QED) is 0.773. The summed E-state index contributed by atoms with van der Waals surface area (Å²) in [6, 6.07) is 5.69. The van der Waals surface area contributed by atoms with Gasteiger partial charge in [0.05, 0.1) is 12.5 Å². The maximum atomic E-state index is 12.5. The first kappa shape index (κ1) is 18.9. The van der Waals surface area contributed by atoms with Crippen molar-refractivity contribution in [3.05, 3.63) is 33.8 Å². The van der Waals surface area contributed by atoms with Crippen molar-refractivity contribution in [3.63, 3.8) is 0 Å². The van der Waals surface area contributed by atoms with E-state index in [1.165, 1.54) is 0 Å². The smallest absolute Gasteiger partial charge is 0.330 e. The van der Waals surface area contributed by atoms with E-state index >= 15 is 0 Å². The molecule has 2 unspecified atom stereocenters. The zero-order valence-corrected chi connectivity index (χ0v) is 16.1. The second-order valence-electron chi connectivity index (χ2n) is 6.88. The van der Waals surface area contributed by atoms with Crippen LogP contribution >= 0.6 is 15.9 Å². The second-order valence-corrected chi connectivity index (χ2v) is 7.79. The number of carbonyl (C=O) groups is 2. The third-order valence-electron chi connectivity index (χ3n) is 5.14. The fourth-order valence-electron chi connectivity index (χ4n) is 3.35. The van der Waals surface area contributed by atoms with Crippen molar-refractivity contribution in [3.8, 4) is 0 Å². The van der Waals surface area contributed by atoms with Gasteiger partial charge in [0.2, 0.25) is 5.91 Å². The predicted molar refractivity (Wildman–Crippen MR) is 94.9 cm³/mol. The number of carboxylic acids is 1. The van der Waals surface area contributed by atoms with Crippen LogP contribution in [-0.4, -0.2) is 35.2 Å². The van der Waals surface area contributed by atoms with Crippen LogP contribution in [0.3, 0.4) is 0 Å². The molecule has 0 spiro atoms. The van der Waals surface area contributed by atoms with Gasteiger partial charge < -0.3 is 15.2 Å². The Kier molecular flexibility index (Phi) is 5.40. The zero-order chi connectivity index (χ0) is 18.1. The lowest BCUT2D eigenvalue weighted by molar-refractivity contribution is -0.194. The Balaban J connectivity index is 2.14. The summed E-state index contributed by atoms with van der Waals surface area (Å²) in [7, 11) is 0. The molecule has 132 valence electrons. The molecule has 1 saturated carbocycles. The molecule has 1 aliphatic rings. The average Bonchev–Trinajstić information content (AvgIpc) is 2.48. The van der Waals surface area contributed by atoms with Crippen LogP contribution in [0.25, 0.3) is 0 Å². The molecule has 2 atom stereocenters. The zero-order valence-electron chi connectivity index (χ0n) is 14.5. The number of carboxylic acid groups (broad SMARTS) is 1. The highest BCUT2D eigenvalue weighted by Crippen LogP contribution is 2.51. The Morgan fingerprint density at radius 1 is 1.42 bits per heavy atom. The van der Waals surface area contributed by atoms with Crippen LogP contribution in [-0.2, 0) is 20.7 Å². The molecule has 0 saturated heterocycles.